The number of rotatable bonds is 7. The Morgan fingerprint density at radius 1 is 1.38 bits per heavy atom. The van der Waals surface area contributed by atoms with E-state index in [0.717, 1.165) is 31.5 Å². The maximum Gasteiger partial charge on any atom is 0.416 e. The van der Waals surface area contributed by atoms with E-state index in [0.29, 0.717) is 37.7 Å². The van der Waals surface area contributed by atoms with Crippen LogP contribution in [-0.2, 0) is 15.7 Å². The SMILES string of the molecule is CCOC(=O)CCN1CCC[C@@H](Nc2nnc(-c3ccc(C(F)(F)F)cc3O)c(C)c2C#N)C1. The minimum absolute atomic E-state index is 0.0259. The molecule has 0 aliphatic carbocycles. The van der Waals surface area contributed by atoms with Gasteiger partial charge in [-0.2, -0.15) is 18.4 Å². The fourth-order valence-corrected chi connectivity index (χ4v) is 3.98. The van der Waals surface area contributed by atoms with Gasteiger partial charge >= 0.3 is 12.1 Å². The van der Waals surface area contributed by atoms with Gasteiger partial charge in [-0.3, -0.25) is 4.79 Å². The van der Waals surface area contributed by atoms with E-state index in [2.05, 4.69) is 26.5 Å². The van der Waals surface area contributed by atoms with E-state index in [-0.39, 0.29) is 34.6 Å². The van der Waals surface area contributed by atoms with Gasteiger partial charge in [0, 0.05) is 24.7 Å². The Kier molecular flexibility index (Phi) is 7.94. The van der Waals surface area contributed by atoms with Crippen molar-refractivity contribution in [2.75, 3.05) is 31.6 Å². The van der Waals surface area contributed by atoms with Crippen LogP contribution in [0.25, 0.3) is 11.3 Å². The van der Waals surface area contributed by atoms with Crippen LogP contribution in [0.5, 0.6) is 5.75 Å². The van der Waals surface area contributed by atoms with Crippen LogP contribution in [0.1, 0.15) is 42.9 Å². The predicted octanol–water partition coefficient (Wildman–Crippen LogP) is 3.88. The number of phenolic OH excluding ortho intramolecular Hbond substituents is 1. The maximum absolute atomic E-state index is 12.9. The number of alkyl halides is 3. The van der Waals surface area contributed by atoms with Gasteiger partial charge in [-0.05, 0) is 57.0 Å². The average Bonchev–Trinajstić information content (AvgIpc) is 2.78. The second-order valence-corrected chi connectivity index (χ2v) is 8.08. The molecule has 1 fully saturated rings. The smallest absolute Gasteiger partial charge is 0.416 e. The number of anilines is 1. The number of esters is 1. The number of piperidine rings is 1. The summed E-state index contributed by atoms with van der Waals surface area (Å²) in [7, 11) is 0. The Morgan fingerprint density at radius 2 is 2.15 bits per heavy atom. The highest BCUT2D eigenvalue weighted by Gasteiger charge is 2.31. The number of phenols is 1. The van der Waals surface area contributed by atoms with E-state index in [4.69, 9.17) is 4.74 Å². The number of carbonyl (C=O) groups is 1. The number of hydrogen-bond acceptors (Lipinski definition) is 8. The van der Waals surface area contributed by atoms with E-state index >= 15 is 0 Å². The first kappa shape index (κ1) is 25.2. The molecule has 0 bridgehead atoms. The molecule has 1 saturated heterocycles. The van der Waals surface area contributed by atoms with E-state index in [1.54, 1.807) is 13.8 Å². The zero-order valence-electron chi connectivity index (χ0n) is 18.9. The lowest BCUT2D eigenvalue weighted by Crippen LogP contribution is -2.43. The predicted molar refractivity (Wildman–Crippen MR) is 118 cm³/mol. The van der Waals surface area contributed by atoms with Crippen LogP contribution < -0.4 is 5.32 Å². The summed E-state index contributed by atoms with van der Waals surface area (Å²) in [6.07, 6.45) is -2.56. The van der Waals surface area contributed by atoms with Gasteiger partial charge < -0.3 is 20.1 Å². The molecule has 0 radical (unpaired) electrons. The van der Waals surface area contributed by atoms with E-state index in [9.17, 15) is 28.3 Å². The molecule has 3 rings (SSSR count). The first-order valence-electron chi connectivity index (χ1n) is 11.0. The van der Waals surface area contributed by atoms with Gasteiger partial charge in [-0.25, -0.2) is 0 Å². The van der Waals surface area contributed by atoms with Crippen molar-refractivity contribution < 1.29 is 27.8 Å². The number of nitrogens with one attached hydrogen (secondary N) is 1. The molecule has 1 atom stereocenters. The molecule has 1 aliphatic heterocycles. The Balaban J connectivity index is 1.77. The summed E-state index contributed by atoms with van der Waals surface area (Å²) in [5, 5.41) is 31.4. The third-order valence-corrected chi connectivity index (χ3v) is 5.69. The van der Waals surface area contributed by atoms with Crippen molar-refractivity contribution in [3.8, 4) is 23.1 Å². The van der Waals surface area contributed by atoms with Gasteiger partial charge in [0.15, 0.2) is 5.82 Å². The van der Waals surface area contributed by atoms with Crippen molar-refractivity contribution in [1.82, 2.24) is 15.1 Å². The molecule has 1 aromatic carbocycles. The summed E-state index contributed by atoms with van der Waals surface area (Å²) < 4.78 is 43.7. The Labute approximate surface area is 195 Å². The zero-order valence-corrected chi connectivity index (χ0v) is 18.9. The Morgan fingerprint density at radius 3 is 2.79 bits per heavy atom. The van der Waals surface area contributed by atoms with Crippen LogP contribution in [0.2, 0.25) is 0 Å². The highest BCUT2D eigenvalue weighted by Crippen LogP contribution is 2.37. The van der Waals surface area contributed by atoms with Crippen LogP contribution in [-0.4, -0.2) is 58.5 Å². The van der Waals surface area contributed by atoms with Crippen molar-refractivity contribution in [3.05, 3.63) is 34.9 Å². The lowest BCUT2D eigenvalue weighted by molar-refractivity contribution is -0.143. The third kappa shape index (κ3) is 5.94. The molecule has 1 aliphatic rings. The number of ether oxygens (including phenoxy) is 1. The monoisotopic (exact) mass is 477 g/mol. The molecular formula is C23H26F3N5O3. The lowest BCUT2D eigenvalue weighted by atomic mass is 10.0. The molecule has 34 heavy (non-hydrogen) atoms. The molecule has 182 valence electrons. The first-order chi connectivity index (χ1) is 16.1. The molecule has 11 heteroatoms. The molecule has 0 saturated carbocycles. The molecule has 0 unspecified atom stereocenters. The molecular weight excluding hydrogens is 451 g/mol. The fourth-order valence-electron chi connectivity index (χ4n) is 3.98. The second-order valence-electron chi connectivity index (χ2n) is 8.08. The van der Waals surface area contributed by atoms with Crippen LogP contribution in [0.15, 0.2) is 18.2 Å². The minimum Gasteiger partial charge on any atom is -0.507 e. The third-order valence-electron chi connectivity index (χ3n) is 5.69. The molecule has 1 aromatic heterocycles. The number of likely N-dealkylation sites (tertiary alicyclic amines) is 1. The Bertz CT molecular complexity index is 1080. The zero-order chi connectivity index (χ0) is 24.9. The summed E-state index contributed by atoms with van der Waals surface area (Å²) >= 11 is 0. The Hall–Kier alpha value is -3.39. The average molecular weight is 477 g/mol. The van der Waals surface area contributed by atoms with Gasteiger partial charge in [0.2, 0.25) is 0 Å². The van der Waals surface area contributed by atoms with Crippen molar-refractivity contribution in [2.24, 2.45) is 0 Å². The van der Waals surface area contributed by atoms with Gasteiger partial charge in [-0.1, -0.05) is 0 Å². The minimum atomic E-state index is -4.59. The number of benzene rings is 1. The summed E-state index contributed by atoms with van der Waals surface area (Å²) in [6.45, 7) is 5.78. The topological polar surface area (TPSA) is 111 Å². The van der Waals surface area contributed by atoms with Crippen molar-refractivity contribution in [3.63, 3.8) is 0 Å². The number of aromatic nitrogens is 2. The highest BCUT2D eigenvalue weighted by atomic mass is 19.4. The summed E-state index contributed by atoms with van der Waals surface area (Å²) in [4.78, 5) is 13.8. The van der Waals surface area contributed by atoms with Gasteiger partial charge in [0.25, 0.3) is 0 Å². The quantitative estimate of drug-likeness (QED) is 0.578. The van der Waals surface area contributed by atoms with Crippen molar-refractivity contribution >= 4 is 11.8 Å². The maximum atomic E-state index is 12.9. The second kappa shape index (κ2) is 10.7. The van der Waals surface area contributed by atoms with E-state index < -0.39 is 17.5 Å². The van der Waals surface area contributed by atoms with Crippen molar-refractivity contribution in [1.29, 1.82) is 5.26 Å². The van der Waals surface area contributed by atoms with E-state index in [1.807, 2.05) is 0 Å². The lowest BCUT2D eigenvalue weighted by Gasteiger charge is -2.33. The van der Waals surface area contributed by atoms with Crippen LogP contribution in [0.3, 0.4) is 0 Å². The number of halogens is 3. The standard InChI is InChI=1S/C23H26F3N5O3/c1-3-34-20(33)8-10-31-9-4-5-16(13-31)28-22-18(12-27)14(2)21(29-30-22)17-7-6-15(11-19(17)32)23(24,25)26/h6-7,11,16,32H,3-5,8-10,13H2,1-2H3,(H,28,30)/t16-/m1/s1. The summed E-state index contributed by atoms with van der Waals surface area (Å²) in [5.74, 6) is -0.568. The summed E-state index contributed by atoms with van der Waals surface area (Å²) in [6, 6.07) is 4.65. The fraction of sp³-hybridized carbons (Fsp3) is 0.478. The number of hydrogen-bond donors (Lipinski definition) is 2. The number of nitrogens with zero attached hydrogens (tertiary/aromatic N) is 4. The number of carbonyl (C=O) groups excluding carboxylic acids is 1. The van der Waals surface area contributed by atoms with Crippen LogP contribution >= 0.6 is 0 Å². The summed E-state index contributed by atoms with van der Waals surface area (Å²) in [5.41, 5.74) is -0.196. The molecule has 8 nitrogen and oxygen atoms in total. The number of nitriles is 1. The van der Waals surface area contributed by atoms with Crippen molar-refractivity contribution in [2.45, 2.75) is 45.3 Å². The van der Waals surface area contributed by atoms with Crippen LogP contribution in [0.4, 0.5) is 19.0 Å². The molecule has 2 heterocycles. The largest absolute Gasteiger partial charge is 0.507 e. The molecule has 0 spiro atoms. The van der Waals surface area contributed by atoms with Gasteiger partial charge in [0.1, 0.15) is 23.1 Å². The first-order valence-corrected chi connectivity index (χ1v) is 11.0. The number of aromatic hydroxyl groups is 1. The normalized spacial score (nSPS) is 16.6. The molecule has 2 N–H and O–H groups in total. The van der Waals surface area contributed by atoms with Gasteiger partial charge in [-0.15, -0.1) is 10.2 Å². The van der Waals surface area contributed by atoms with Crippen LogP contribution in [0, 0.1) is 18.3 Å². The highest BCUT2D eigenvalue weighted by molar-refractivity contribution is 5.74. The molecule has 2 aromatic rings. The molecule has 0 amide bonds. The van der Waals surface area contributed by atoms with Gasteiger partial charge in [0.05, 0.1) is 18.6 Å². The van der Waals surface area contributed by atoms with E-state index in [1.165, 1.54) is 0 Å².